The van der Waals surface area contributed by atoms with Crippen molar-refractivity contribution in [2.75, 3.05) is 19.8 Å². The average Bonchev–Trinajstić information content (AvgIpc) is 2.58. The largest absolute Gasteiger partial charge is 0.382 e. The summed E-state index contributed by atoms with van der Waals surface area (Å²) < 4.78 is 5.30. The molecule has 1 amide bonds. The molecule has 1 aliphatic rings. The lowest BCUT2D eigenvalue weighted by Gasteiger charge is -2.38. The first-order chi connectivity index (χ1) is 11.2. The first-order valence-corrected chi connectivity index (χ1v) is 9.08. The van der Waals surface area contributed by atoms with E-state index in [9.17, 15) is 4.79 Å². The normalized spacial score (nSPS) is 17.0. The zero-order valence-electron chi connectivity index (χ0n) is 14.7. The van der Waals surface area contributed by atoms with Crippen molar-refractivity contribution in [3.05, 3.63) is 35.4 Å². The zero-order valence-corrected chi connectivity index (χ0v) is 14.7. The maximum absolute atomic E-state index is 12.1. The molecular weight excluding hydrogens is 286 g/mol. The van der Waals surface area contributed by atoms with Gasteiger partial charge in [-0.05, 0) is 38.7 Å². The van der Waals surface area contributed by atoms with Crippen LogP contribution < -0.4 is 5.32 Å². The maximum atomic E-state index is 12.1. The van der Waals surface area contributed by atoms with E-state index in [0.717, 1.165) is 19.6 Å². The van der Waals surface area contributed by atoms with Crippen molar-refractivity contribution in [1.29, 1.82) is 0 Å². The Bertz CT molecular complexity index is 492. The summed E-state index contributed by atoms with van der Waals surface area (Å²) in [4.78, 5) is 12.1. The number of ether oxygens (including phenoxy) is 1. The molecule has 1 saturated carbocycles. The summed E-state index contributed by atoms with van der Waals surface area (Å²) >= 11 is 0. The van der Waals surface area contributed by atoms with Crippen LogP contribution in [0.4, 0.5) is 0 Å². The van der Waals surface area contributed by atoms with Crippen LogP contribution in [-0.4, -0.2) is 25.7 Å². The lowest BCUT2D eigenvalue weighted by molar-refractivity contribution is -0.121. The molecule has 0 spiro atoms. The molecule has 128 valence electrons. The molecule has 23 heavy (non-hydrogen) atoms. The Morgan fingerprint density at radius 1 is 1.26 bits per heavy atom. The molecule has 1 aliphatic carbocycles. The Balaban J connectivity index is 1.95. The minimum atomic E-state index is 0.125. The molecule has 0 aromatic heterocycles. The monoisotopic (exact) mass is 317 g/mol. The third-order valence-corrected chi connectivity index (χ3v) is 4.96. The second-order valence-corrected chi connectivity index (χ2v) is 6.79. The molecule has 3 heteroatoms. The van der Waals surface area contributed by atoms with Gasteiger partial charge in [-0.1, -0.05) is 49.1 Å². The van der Waals surface area contributed by atoms with Crippen LogP contribution in [0.5, 0.6) is 0 Å². The first kappa shape index (κ1) is 18.0. The molecule has 0 aliphatic heterocycles. The van der Waals surface area contributed by atoms with Gasteiger partial charge in [-0.15, -0.1) is 0 Å². The van der Waals surface area contributed by atoms with E-state index in [0.29, 0.717) is 13.0 Å². The fourth-order valence-electron chi connectivity index (χ4n) is 3.61. The number of amides is 1. The third-order valence-electron chi connectivity index (χ3n) is 4.96. The average molecular weight is 317 g/mol. The highest BCUT2D eigenvalue weighted by Crippen LogP contribution is 2.39. The number of hydrogen-bond donors (Lipinski definition) is 1. The summed E-state index contributed by atoms with van der Waals surface area (Å²) in [7, 11) is 0. The van der Waals surface area contributed by atoms with Crippen LogP contribution in [-0.2, 0) is 14.9 Å². The molecule has 0 saturated heterocycles. The fourth-order valence-corrected chi connectivity index (χ4v) is 3.61. The third kappa shape index (κ3) is 5.35. The van der Waals surface area contributed by atoms with Crippen molar-refractivity contribution in [2.45, 2.75) is 64.2 Å². The number of rotatable bonds is 8. The highest BCUT2D eigenvalue weighted by atomic mass is 16.5. The van der Waals surface area contributed by atoms with E-state index in [1.165, 1.54) is 43.2 Å². The molecule has 1 N–H and O–H groups in total. The quantitative estimate of drug-likeness (QED) is 0.732. The standard InChI is InChI=1S/C20H31NO2/c1-3-23-14-8-11-19(22)21-16-20(12-5-4-6-13-20)18-10-7-9-17(2)15-18/h7,9-10,15H,3-6,8,11-14,16H2,1-2H3,(H,21,22). The van der Waals surface area contributed by atoms with Crippen LogP contribution in [0.25, 0.3) is 0 Å². The topological polar surface area (TPSA) is 38.3 Å². The minimum Gasteiger partial charge on any atom is -0.382 e. The Labute approximate surface area is 140 Å². The first-order valence-electron chi connectivity index (χ1n) is 9.08. The van der Waals surface area contributed by atoms with Crippen LogP contribution >= 0.6 is 0 Å². The van der Waals surface area contributed by atoms with E-state index in [4.69, 9.17) is 4.74 Å². The van der Waals surface area contributed by atoms with E-state index < -0.39 is 0 Å². The van der Waals surface area contributed by atoms with Gasteiger partial charge in [0.2, 0.25) is 5.91 Å². The fraction of sp³-hybridized carbons (Fsp3) is 0.650. The Kier molecular flexibility index (Phi) is 7.10. The van der Waals surface area contributed by atoms with Gasteiger partial charge in [0.1, 0.15) is 0 Å². The SMILES string of the molecule is CCOCCCC(=O)NCC1(c2cccc(C)c2)CCCCC1. The Morgan fingerprint density at radius 2 is 2.04 bits per heavy atom. The summed E-state index contributed by atoms with van der Waals surface area (Å²) in [5.41, 5.74) is 2.82. The molecule has 0 unspecified atom stereocenters. The van der Waals surface area contributed by atoms with Gasteiger partial charge >= 0.3 is 0 Å². The van der Waals surface area contributed by atoms with Crippen LogP contribution in [0.3, 0.4) is 0 Å². The summed E-state index contributed by atoms with van der Waals surface area (Å²) in [5.74, 6) is 0.155. The number of benzene rings is 1. The summed E-state index contributed by atoms with van der Waals surface area (Å²) in [6.45, 7) is 6.29. The van der Waals surface area contributed by atoms with E-state index in [2.05, 4.69) is 36.5 Å². The van der Waals surface area contributed by atoms with Crippen molar-refractivity contribution >= 4 is 5.91 Å². The highest BCUT2D eigenvalue weighted by Gasteiger charge is 2.34. The minimum absolute atomic E-state index is 0.125. The molecule has 0 heterocycles. The van der Waals surface area contributed by atoms with Gasteiger partial charge in [-0.25, -0.2) is 0 Å². The van der Waals surface area contributed by atoms with Gasteiger partial charge in [0, 0.05) is 31.6 Å². The number of aryl methyl sites for hydroxylation is 1. The summed E-state index contributed by atoms with van der Waals surface area (Å²) in [6.07, 6.45) is 7.55. The lowest BCUT2D eigenvalue weighted by atomic mass is 9.69. The van der Waals surface area contributed by atoms with Gasteiger partial charge in [0.25, 0.3) is 0 Å². The lowest BCUT2D eigenvalue weighted by Crippen LogP contribution is -2.42. The Morgan fingerprint density at radius 3 is 2.74 bits per heavy atom. The predicted octanol–water partition coefficient (Wildman–Crippen LogP) is 4.13. The molecule has 1 fully saturated rings. The second-order valence-electron chi connectivity index (χ2n) is 6.79. The van der Waals surface area contributed by atoms with Crippen molar-refractivity contribution < 1.29 is 9.53 Å². The van der Waals surface area contributed by atoms with Crippen molar-refractivity contribution in [3.8, 4) is 0 Å². The van der Waals surface area contributed by atoms with E-state index >= 15 is 0 Å². The van der Waals surface area contributed by atoms with Gasteiger partial charge < -0.3 is 10.1 Å². The number of nitrogens with one attached hydrogen (secondary N) is 1. The molecule has 3 nitrogen and oxygen atoms in total. The number of carbonyl (C=O) groups excluding carboxylic acids is 1. The summed E-state index contributed by atoms with van der Waals surface area (Å²) in [5, 5.41) is 3.19. The Hall–Kier alpha value is -1.35. The van der Waals surface area contributed by atoms with Gasteiger partial charge in [-0.3, -0.25) is 4.79 Å². The van der Waals surface area contributed by atoms with Crippen LogP contribution in [0.2, 0.25) is 0 Å². The van der Waals surface area contributed by atoms with Crippen LogP contribution in [0.1, 0.15) is 63.0 Å². The molecule has 1 aromatic carbocycles. The molecule has 2 rings (SSSR count). The van der Waals surface area contributed by atoms with E-state index in [-0.39, 0.29) is 11.3 Å². The van der Waals surface area contributed by atoms with Crippen LogP contribution in [0.15, 0.2) is 24.3 Å². The molecule has 0 radical (unpaired) electrons. The molecule has 0 atom stereocenters. The van der Waals surface area contributed by atoms with Gasteiger partial charge in [0.05, 0.1) is 0 Å². The molecular formula is C20H31NO2. The number of hydrogen-bond acceptors (Lipinski definition) is 2. The van der Waals surface area contributed by atoms with Crippen molar-refractivity contribution in [2.24, 2.45) is 0 Å². The molecule has 1 aromatic rings. The molecule has 0 bridgehead atoms. The van der Waals surface area contributed by atoms with E-state index in [1.807, 2.05) is 6.92 Å². The highest BCUT2D eigenvalue weighted by molar-refractivity contribution is 5.76. The van der Waals surface area contributed by atoms with Crippen molar-refractivity contribution in [3.63, 3.8) is 0 Å². The number of carbonyl (C=O) groups is 1. The van der Waals surface area contributed by atoms with Gasteiger partial charge in [0.15, 0.2) is 0 Å². The van der Waals surface area contributed by atoms with Crippen LogP contribution in [0, 0.1) is 6.92 Å². The maximum Gasteiger partial charge on any atom is 0.220 e. The summed E-state index contributed by atoms with van der Waals surface area (Å²) in [6, 6.07) is 8.82. The van der Waals surface area contributed by atoms with Crippen molar-refractivity contribution in [1.82, 2.24) is 5.32 Å². The zero-order chi connectivity index (χ0) is 16.5. The second kappa shape index (κ2) is 9.07. The van der Waals surface area contributed by atoms with E-state index in [1.54, 1.807) is 0 Å². The van der Waals surface area contributed by atoms with Gasteiger partial charge in [-0.2, -0.15) is 0 Å². The predicted molar refractivity (Wildman–Crippen MR) is 94.7 cm³/mol. The smallest absolute Gasteiger partial charge is 0.220 e.